The van der Waals surface area contributed by atoms with E-state index in [1.54, 1.807) is 10.7 Å². The van der Waals surface area contributed by atoms with Crippen LogP contribution in [0.4, 0.5) is 5.95 Å². The number of unbranched alkanes of at least 4 members (excludes halogenated alkanes) is 5. The average Bonchev–Trinajstić information content (AvgIpc) is 2.79. The molecule has 0 spiro atoms. The zero-order valence-corrected chi connectivity index (χ0v) is 12.2. The summed E-state index contributed by atoms with van der Waals surface area (Å²) < 4.78 is 1.70. The lowest BCUT2D eigenvalue weighted by Gasteiger charge is -2.01. The van der Waals surface area contributed by atoms with E-state index >= 15 is 0 Å². The van der Waals surface area contributed by atoms with E-state index in [0.29, 0.717) is 11.0 Å². The van der Waals surface area contributed by atoms with E-state index in [1.807, 2.05) is 12.1 Å². The van der Waals surface area contributed by atoms with Crippen molar-refractivity contribution >= 4 is 23.2 Å². The van der Waals surface area contributed by atoms with Crippen LogP contribution in [0.15, 0.2) is 18.3 Å². The second-order valence-electron chi connectivity index (χ2n) is 4.78. The molecule has 0 saturated carbocycles. The van der Waals surface area contributed by atoms with Gasteiger partial charge in [0.2, 0.25) is 5.95 Å². The largest absolute Gasteiger partial charge is 0.353 e. The van der Waals surface area contributed by atoms with E-state index in [9.17, 15) is 0 Å². The molecular weight excluding hydrogens is 260 g/mol. The number of hydrogen-bond acceptors (Lipinski definition) is 3. The number of aromatic nitrogens is 3. The van der Waals surface area contributed by atoms with Crippen LogP contribution in [0.3, 0.4) is 0 Å². The molecule has 0 aliphatic carbocycles. The van der Waals surface area contributed by atoms with Gasteiger partial charge in [0, 0.05) is 12.7 Å². The normalized spacial score (nSPS) is 11.1. The molecule has 0 aliphatic rings. The Kier molecular flexibility index (Phi) is 5.45. The van der Waals surface area contributed by atoms with Gasteiger partial charge in [-0.05, 0) is 18.6 Å². The van der Waals surface area contributed by atoms with Gasteiger partial charge in [-0.15, -0.1) is 5.10 Å². The van der Waals surface area contributed by atoms with Crippen LogP contribution in [-0.2, 0) is 0 Å². The summed E-state index contributed by atoms with van der Waals surface area (Å²) in [6, 6.07) is 3.69. The van der Waals surface area contributed by atoms with Crippen LogP contribution in [0.2, 0.25) is 5.02 Å². The van der Waals surface area contributed by atoms with Crippen molar-refractivity contribution in [3.63, 3.8) is 0 Å². The molecule has 4 nitrogen and oxygen atoms in total. The summed E-state index contributed by atoms with van der Waals surface area (Å²) in [5.74, 6) is 0.677. The highest BCUT2D eigenvalue weighted by Gasteiger charge is 2.02. The van der Waals surface area contributed by atoms with Crippen LogP contribution in [0, 0.1) is 0 Å². The molecule has 2 heterocycles. The standard InChI is InChI=1S/C14H21ClN4/c1-2-3-4-5-6-7-10-16-14-17-13-9-8-12(15)11-19(13)18-14/h8-9,11H,2-7,10H2,1H3,(H,16,18). The Morgan fingerprint density at radius 1 is 1.16 bits per heavy atom. The van der Waals surface area contributed by atoms with Gasteiger partial charge in [-0.1, -0.05) is 50.6 Å². The Balaban J connectivity index is 1.72. The number of nitrogens with zero attached hydrogens (tertiary/aromatic N) is 3. The lowest BCUT2D eigenvalue weighted by Crippen LogP contribution is -2.03. The van der Waals surface area contributed by atoms with Gasteiger partial charge < -0.3 is 5.32 Å². The molecule has 0 radical (unpaired) electrons. The second-order valence-corrected chi connectivity index (χ2v) is 5.22. The summed E-state index contributed by atoms with van der Waals surface area (Å²) >= 11 is 5.91. The molecule has 2 rings (SSSR count). The summed E-state index contributed by atoms with van der Waals surface area (Å²) in [6.07, 6.45) is 9.52. The quantitative estimate of drug-likeness (QED) is 0.739. The second kappa shape index (κ2) is 7.34. The van der Waals surface area contributed by atoms with Crippen LogP contribution in [0.1, 0.15) is 45.4 Å². The lowest BCUT2D eigenvalue weighted by molar-refractivity contribution is 0.616. The Hall–Kier alpha value is -1.29. The highest BCUT2D eigenvalue weighted by molar-refractivity contribution is 6.30. The van der Waals surface area contributed by atoms with Crippen LogP contribution >= 0.6 is 11.6 Å². The molecule has 0 unspecified atom stereocenters. The molecule has 0 aliphatic heterocycles. The van der Waals surface area contributed by atoms with Gasteiger partial charge in [-0.25, -0.2) is 4.52 Å². The minimum atomic E-state index is 0.667. The number of pyridine rings is 1. The smallest absolute Gasteiger partial charge is 0.243 e. The molecule has 104 valence electrons. The minimum Gasteiger partial charge on any atom is -0.353 e. The fourth-order valence-electron chi connectivity index (χ4n) is 2.04. The monoisotopic (exact) mass is 280 g/mol. The number of nitrogens with one attached hydrogen (secondary N) is 1. The van der Waals surface area contributed by atoms with Gasteiger partial charge in [0.1, 0.15) is 0 Å². The van der Waals surface area contributed by atoms with Gasteiger partial charge in [0.15, 0.2) is 5.65 Å². The first-order valence-corrected chi connectivity index (χ1v) is 7.43. The molecule has 0 aromatic carbocycles. The number of hydrogen-bond donors (Lipinski definition) is 1. The minimum absolute atomic E-state index is 0.667. The van der Waals surface area contributed by atoms with Gasteiger partial charge in [0.05, 0.1) is 5.02 Å². The van der Waals surface area contributed by atoms with E-state index in [0.717, 1.165) is 12.2 Å². The van der Waals surface area contributed by atoms with Crippen molar-refractivity contribution in [3.8, 4) is 0 Å². The molecule has 0 atom stereocenters. The fourth-order valence-corrected chi connectivity index (χ4v) is 2.19. The first kappa shape index (κ1) is 14.1. The van der Waals surface area contributed by atoms with Crippen molar-refractivity contribution in [3.05, 3.63) is 23.4 Å². The van der Waals surface area contributed by atoms with Crippen molar-refractivity contribution in [2.24, 2.45) is 0 Å². The topological polar surface area (TPSA) is 42.2 Å². The zero-order chi connectivity index (χ0) is 13.5. The third kappa shape index (κ3) is 4.39. The number of rotatable bonds is 8. The van der Waals surface area contributed by atoms with Gasteiger partial charge in [-0.2, -0.15) is 4.98 Å². The first-order valence-electron chi connectivity index (χ1n) is 7.05. The van der Waals surface area contributed by atoms with E-state index in [4.69, 9.17) is 11.6 Å². The van der Waals surface area contributed by atoms with Crippen molar-refractivity contribution in [1.82, 2.24) is 14.6 Å². The Bertz CT molecular complexity index is 509. The van der Waals surface area contributed by atoms with E-state index in [-0.39, 0.29) is 0 Å². The lowest BCUT2D eigenvalue weighted by atomic mass is 10.1. The first-order chi connectivity index (χ1) is 9.29. The molecular formula is C14H21ClN4. The molecule has 0 fully saturated rings. The third-order valence-electron chi connectivity index (χ3n) is 3.11. The van der Waals surface area contributed by atoms with Gasteiger partial charge in [-0.3, -0.25) is 0 Å². The van der Waals surface area contributed by atoms with Crippen LogP contribution in [0.25, 0.3) is 5.65 Å². The van der Waals surface area contributed by atoms with Gasteiger partial charge in [0.25, 0.3) is 0 Å². The number of anilines is 1. The fraction of sp³-hybridized carbons (Fsp3) is 0.571. The van der Waals surface area contributed by atoms with E-state index in [2.05, 4.69) is 22.3 Å². The van der Waals surface area contributed by atoms with E-state index in [1.165, 1.54) is 38.5 Å². The van der Waals surface area contributed by atoms with Crippen molar-refractivity contribution in [2.75, 3.05) is 11.9 Å². The summed E-state index contributed by atoms with van der Waals surface area (Å²) in [5.41, 5.74) is 0.815. The van der Waals surface area contributed by atoms with Crippen LogP contribution in [0.5, 0.6) is 0 Å². The predicted molar refractivity (Wildman–Crippen MR) is 79.9 cm³/mol. The molecule has 0 amide bonds. The van der Waals surface area contributed by atoms with E-state index < -0.39 is 0 Å². The van der Waals surface area contributed by atoms with Crippen molar-refractivity contribution in [2.45, 2.75) is 45.4 Å². The van der Waals surface area contributed by atoms with Crippen LogP contribution < -0.4 is 5.32 Å². The Labute approximate surface area is 119 Å². The summed E-state index contributed by atoms with van der Waals surface area (Å²) in [5, 5.41) is 8.26. The molecule has 0 saturated heterocycles. The van der Waals surface area contributed by atoms with Crippen molar-refractivity contribution < 1.29 is 0 Å². The molecule has 5 heteroatoms. The Morgan fingerprint density at radius 3 is 2.79 bits per heavy atom. The molecule has 2 aromatic rings. The Morgan fingerprint density at radius 2 is 1.95 bits per heavy atom. The maximum Gasteiger partial charge on any atom is 0.243 e. The zero-order valence-electron chi connectivity index (χ0n) is 11.4. The predicted octanol–water partition coefficient (Wildman–Crippen LogP) is 4.16. The summed E-state index contributed by atoms with van der Waals surface area (Å²) in [6.45, 7) is 3.17. The molecule has 19 heavy (non-hydrogen) atoms. The maximum absolute atomic E-state index is 5.91. The average molecular weight is 281 g/mol. The highest BCUT2D eigenvalue weighted by Crippen LogP contribution is 2.11. The van der Waals surface area contributed by atoms with Crippen LogP contribution in [-0.4, -0.2) is 21.1 Å². The maximum atomic E-state index is 5.91. The van der Waals surface area contributed by atoms with Crippen molar-refractivity contribution in [1.29, 1.82) is 0 Å². The molecule has 1 N–H and O–H groups in total. The molecule has 2 aromatic heterocycles. The van der Waals surface area contributed by atoms with Gasteiger partial charge >= 0.3 is 0 Å². The number of halogens is 1. The summed E-state index contributed by atoms with van der Waals surface area (Å²) in [4.78, 5) is 4.38. The molecule has 0 bridgehead atoms. The third-order valence-corrected chi connectivity index (χ3v) is 3.33. The SMILES string of the molecule is CCCCCCCCNc1nc2ccc(Cl)cn2n1. The number of fused-ring (bicyclic) bond motifs is 1. The summed E-state index contributed by atoms with van der Waals surface area (Å²) in [7, 11) is 0. The highest BCUT2D eigenvalue weighted by atomic mass is 35.5.